The summed E-state index contributed by atoms with van der Waals surface area (Å²) in [6.45, 7) is 6.24. The summed E-state index contributed by atoms with van der Waals surface area (Å²) in [6.07, 6.45) is 8.58. The van der Waals surface area contributed by atoms with Gasteiger partial charge in [-0.05, 0) is 97.9 Å². The van der Waals surface area contributed by atoms with E-state index in [-0.39, 0.29) is 29.6 Å². The minimum atomic E-state index is -0.642. The number of nitrogens with zero attached hydrogens (tertiary/aromatic N) is 7. The standard InChI is InChI=1S/C43H50N10O5/c1-50-13-14-53(43(50)57)31-3-2-12-52(23-31)35-19-45-38(40(44)55)41(47-35)46-30-7-4-25(5-8-30)27-17-28-21-51(22-29(28)18-27)20-24-15-26-6-9-32-37(49-58-39(32)34(26)16-24)33-10-11-36(54)48-42(33)56/h4-9,19,24,27-29,31,33H,2-3,10-18,20-23H2,1H3,(H2,44,55)(H,46,47)(H,48,54,56)/t24-,27?,28+,29?,31+,33?/m0/s1. The summed E-state index contributed by atoms with van der Waals surface area (Å²) in [5.41, 5.74) is 12.0. The number of piperidine rings is 2. The maximum atomic E-state index is 12.7. The number of anilines is 3. The minimum Gasteiger partial charge on any atom is -0.364 e. The summed E-state index contributed by atoms with van der Waals surface area (Å²) in [5.74, 6) is 1.76. The first-order valence-electron chi connectivity index (χ1n) is 20.9. The maximum absolute atomic E-state index is 12.7. The van der Waals surface area contributed by atoms with Gasteiger partial charge in [0.25, 0.3) is 5.91 Å². The molecule has 58 heavy (non-hydrogen) atoms. The number of carbonyl (C=O) groups is 4. The fraction of sp³-hybridized carbons (Fsp3) is 0.512. The van der Waals surface area contributed by atoms with Crippen LogP contribution >= 0.6 is 0 Å². The number of primary amides is 1. The molecule has 4 saturated heterocycles. The van der Waals surface area contributed by atoms with Crippen molar-refractivity contribution in [3.63, 3.8) is 0 Å². The van der Waals surface area contributed by atoms with Crippen molar-refractivity contribution in [1.82, 2.24) is 35.1 Å². The van der Waals surface area contributed by atoms with E-state index in [1.165, 1.54) is 29.5 Å². The number of urea groups is 1. The smallest absolute Gasteiger partial charge is 0.320 e. The lowest BCUT2D eigenvalue weighted by Crippen LogP contribution is -2.49. The van der Waals surface area contributed by atoms with Gasteiger partial charge >= 0.3 is 6.03 Å². The largest absolute Gasteiger partial charge is 0.364 e. The van der Waals surface area contributed by atoms with E-state index in [4.69, 9.17) is 15.2 Å². The monoisotopic (exact) mass is 786 g/mol. The van der Waals surface area contributed by atoms with Crippen LogP contribution in [0.5, 0.6) is 0 Å². The number of nitrogens with one attached hydrogen (secondary N) is 2. The third-order valence-corrected chi connectivity index (χ3v) is 13.8. The van der Waals surface area contributed by atoms with E-state index in [9.17, 15) is 19.2 Å². The predicted molar refractivity (Wildman–Crippen MR) is 216 cm³/mol. The van der Waals surface area contributed by atoms with E-state index < -0.39 is 11.8 Å². The average Bonchev–Trinajstić information content (AvgIpc) is 4.05. The molecule has 2 aliphatic carbocycles. The van der Waals surface area contributed by atoms with Gasteiger partial charge in [-0.15, -0.1) is 0 Å². The Labute approximate surface area is 336 Å². The quantitative estimate of drug-likeness (QED) is 0.207. The van der Waals surface area contributed by atoms with Gasteiger partial charge in [-0.1, -0.05) is 23.4 Å². The van der Waals surface area contributed by atoms with Crippen LogP contribution in [0.3, 0.4) is 0 Å². The highest BCUT2D eigenvalue weighted by atomic mass is 16.5. The zero-order chi connectivity index (χ0) is 39.7. The summed E-state index contributed by atoms with van der Waals surface area (Å²) in [4.78, 5) is 67.2. The number of imide groups is 1. The Bertz CT molecular complexity index is 2280. The Kier molecular flexibility index (Phi) is 9.29. The Morgan fingerprint density at radius 3 is 2.53 bits per heavy atom. The highest BCUT2D eigenvalue weighted by Crippen LogP contribution is 2.47. The molecular formula is C43H50N10O5. The molecule has 5 amide bonds. The molecule has 4 aliphatic heterocycles. The maximum Gasteiger partial charge on any atom is 0.320 e. The number of carbonyl (C=O) groups excluding carboxylic acids is 4. The van der Waals surface area contributed by atoms with Crippen LogP contribution in [0, 0.1) is 17.8 Å². The predicted octanol–water partition coefficient (Wildman–Crippen LogP) is 4.16. The van der Waals surface area contributed by atoms with Gasteiger partial charge in [-0.25, -0.2) is 14.8 Å². The summed E-state index contributed by atoms with van der Waals surface area (Å²) >= 11 is 0. The molecule has 1 saturated carbocycles. The molecule has 4 N–H and O–H groups in total. The van der Waals surface area contributed by atoms with Crippen molar-refractivity contribution in [3.8, 4) is 0 Å². The number of benzene rings is 2. The molecular weight excluding hydrogens is 737 g/mol. The van der Waals surface area contributed by atoms with Crippen molar-refractivity contribution >= 4 is 52.0 Å². The van der Waals surface area contributed by atoms with E-state index in [1.807, 2.05) is 18.0 Å². The van der Waals surface area contributed by atoms with Gasteiger partial charge in [0.1, 0.15) is 11.5 Å². The zero-order valence-electron chi connectivity index (χ0n) is 32.9. The van der Waals surface area contributed by atoms with Crippen LogP contribution in [-0.4, -0.2) is 112 Å². The van der Waals surface area contributed by atoms with E-state index in [0.29, 0.717) is 60.4 Å². The summed E-state index contributed by atoms with van der Waals surface area (Å²) in [5, 5.41) is 11.0. The highest BCUT2D eigenvalue weighted by molar-refractivity contribution is 6.02. The topological polar surface area (TPSA) is 183 Å². The van der Waals surface area contributed by atoms with Gasteiger partial charge in [-0.2, -0.15) is 0 Å². The van der Waals surface area contributed by atoms with Crippen molar-refractivity contribution < 1.29 is 23.7 Å². The van der Waals surface area contributed by atoms with Crippen LogP contribution in [0.15, 0.2) is 47.1 Å². The van der Waals surface area contributed by atoms with Gasteiger partial charge in [0, 0.05) is 75.9 Å². The number of aromatic nitrogens is 3. The van der Waals surface area contributed by atoms with E-state index in [2.05, 4.69) is 60.9 Å². The second-order valence-electron chi connectivity index (χ2n) is 17.5. The first-order chi connectivity index (χ1) is 28.1. The molecule has 15 nitrogen and oxygen atoms in total. The molecule has 302 valence electrons. The number of rotatable bonds is 9. The van der Waals surface area contributed by atoms with Crippen molar-refractivity contribution in [2.24, 2.45) is 23.5 Å². The third kappa shape index (κ3) is 6.72. The number of amides is 5. The van der Waals surface area contributed by atoms with E-state index in [1.54, 1.807) is 11.1 Å². The molecule has 0 spiro atoms. The molecule has 0 bridgehead atoms. The summed E-state index contributed by atoms with van der Waals surface area (Å²) in [6, 6.07) is 12.9. The van der Waals surface area contributed by atoms with Crippen LogP contribution in [0.4, 0.5) is 22.1 Å². The fourth-order valence-electron chi connectivity index (χ4n) is 10.9. The molecule has 10 rings (SSSR count). The molecule has 5 fully saturated rings. The van der Waals surface area contributed by atoms with Crippen molar-refractivity contribution in [2.45, 2.75) is 69.2 Å². The molecule has 2 aromatic carbocycles. The molecule has 2 aromatic heterocycles. The number of likely N-dealkylation sites (tertiary alicyclic amines) is 1. The normalized spacial score (nSPS) is 27.4. The second-order valence-corrected chi connectivity index (χ2v) is 17.5. The Hall–Kier alpha value is -5.57. The molecule has 6 aliphatic rings. The Morgan fingerprint density at radius 1 is 0.983 bits per heavy atom. The Balaban J connectivity index is 0.745. The Morgan fingerprint density at radius 2 is 1.79 bits per heavy atom. The van der Waals surface area contributed by atoms with Crippen molar-refractivity contribution in [1.29, 1.82) is 0 Å². The number of hydrogen-bond acceptors (Lipinski definition) is 11. The SMILES string of the molecule is CN1CCN([C@@H]2CCCN(c3cnc(C(N)=O)c(Nc4ccc(C5CC6CN(C[C@H]7Cc8ccc9c(C%10CCC(=O)NC%10=O)noc9c8C7)C[C@H]6C5)cc4)n3)C2)C1=O. The van der Waals surface area contributed by atoms with Crippen molar-refractivity contribution in [2.75, 3.05) is 63.1 Å². The number of nitrogens with two attached hydrogens (primary N) is 1. The number of likely N-dealkylation sites (N-methyl/N-ethyl adjacent to an activating group) is 1. The van der Waals surface area contributed by atoms with E-state index in [0.717, 1.165) is 81.6 Å². The fourth-order valence-corrected chi connectivity index (χ4v) is 10.9. The van der Waals surface area contributed by atoms with Gasteiger partial charge in [0.15, 0.2) is 17.1 Å². The van der Waals surface area contributed by atoms with Gasteiger partial charge < -0.3 is 35.2 Å². The number of fused-ring (bicyclic) bond motifs is 4. The van der Waals surface area contributed by atoms with Gasteiger partial charge in [0.2, 0.25) is 11.8 Å². The molecule has 6 atom stereocenters. The lowest BCUT2D eigenvalue weighted by Gasteiger charge is -2.37. The molecule has 4 aromatic rings. The van der Waals surface area contributed by atoms with E-state index >= 15 is 0 Å². The average molecular weight is 787 g/mol. The highest BCUT2D eigenvalue weighted by Gasteiger charge is 2.42. The van der Waals surface area contributed by atoms with Crippen LogP contribution < -0.4 is 21.3 Å². The first kappa shape index (κ1) is 36.7. The zero-order valence-corrected chi connectivity index (χ0v) is 32.9. The van der Waals surface area contributed by atoms with Crippen LogP contribution in [0.2, 0.25) is 0 Å². The van der Waals surface area contributed by atoms with Crippen LogP contribution in [-0.2, 0) is 22.4 Å². The van der Waals surface area contributed by atoms with Crippen LogP contribution in [0.25, 0.3) is 11.0 Å². The third-order valence-electron chi connectivity index (χ3n) is 13.8. The second kappa shape index (κ2) is 14.7. The summed E-state index contributed by atoms with van der Waals surface area (Å²) < 4.78 is 5.89. The molecule has 3 unspecified atom stereocenters. The minimum absolute atomic E-state index is 0.0724. The molecule has 0 radical (unpaired) electrons. The number of hydrogen-bond donors (Lipinski definition) is 3. The first-order valence-corrected chi connectivity index (χ1v) is 20.9. The van der Waals surface area contributed by atoms with Gasteiger partial charge in [-0.3, -0.25) is 19.7 Å². The molecule has 6 heterocycles. The summed E-state index contributed by atoms with van der Waals surface area (Å²) in [7, 11) is 1.84. The molecule has 15 heteroatoms. The lowest BCUT2D eigenvalue weighted by atomic mass is 9.92. The lowest BCUT2D eigenvalue weighted by molar-refractivity contribution is -0.134. The van der Waals surface area contributed by atoms with Gasteiger partial charge in [0.05, 0.1) is 18.2 Å². The van der Waals surface area contributed by atoms with Crippen molar-refractivity contribution in [3.05, 3.63) is 70.7 Å². The van der Waals surface area contributed by atoms with Crippen LogP contribution in [0.1, 0.15) is 83.2 Å².